The number of rotatable bonds is 7. The number of sulfonamides is 1. The maximum absolute atomic E-state index is 12.2. The second kappa shape index (κ2) is 7.01. The van der Waals surface area contributed by atoms with Crippen LogP contribution < -0.4 is 0 Å². The minimum atomic E-state index is -3.62. The van der Waals surface area contributed by atoms with E-state index in [0.717, 1.165) is 38.4 Å². The van der Waals surface area contributed by atoms with Crippen molar-refractivity contribution in [1.29, 1.82) is 0 Å². The van der Waals surface area contributed by atoms with Gasteiger partial charge in [-0.05, 0) is 12.8 Å². The molecule has 6 nitrogen and oxygen atoms in total. The highest BCUT2D eigenvalue weighted by Gasteiger charge is 2.30. The third-order valence-corrected chi connectivity index (χ3v) is 6.49. The number of sulfone groups is 1. The van der Waals surface area contributed by atoms with E-state index in [1.807, 2.05) is 0 Å². The zero-order valence-corrected chi connectivity index (χ0v) is 12.9. The molecule has 0 aliphatic heterocycles. The number of aliphatic hydroxyl groups excluding tert-OH is 1. The highest BCUT2D eigenvalue weighted by atomic mass is 32.2. The van der Waals surface area contributed by atoms with Crippen LogP contribution in [0, 0.1) is 0 Å². The molecule has 0 radical (unpaired) electrons. The summed E-state index contributed by atoms with van der Waals surface area (Å²) in [7, 11) is -6.93. The van der Waals surface area contributed by atoms with Gasteiger partial charge in [0.2, 0.25) is 10.0 Å². The van der Waals surface area contributed by atoms with Crippen molar-refractivity contribution in [2.75, 3.05) is 30.9 Å². The van der Waals surface area contributed by atoms with E-state index in [9.17, 15) is 16.8 Å². The second-order valence-corrected chi connectivity index (χ2v) is 9.37. The van der Waals surface area contributed by atoms with Gasteiger partial charge in [-0.25, -0.2) is 16.8 Å². The molecule has 0 aromatic heterocycles. The number of aliphatic hydroxyl groups is 1. The van der Waals surface area contributed by atoms with Crippen molar-refractivity contribution < 1.29 is 21.9 Å². The first-order valence-electron chi connectivity index (χ1n) is 6.54. The van der Waals surface area contributed by atoms with Gasteiger partial charge in [-0.1, -0.05) is 19.3 Å². The molecule has 1 aliphatic rings. The third kappa shape index (κ3) is 5.76. The van der Waals surface area contributed by atoms with Gasteiger partial charge in [-0.2, -0.15) is 4.31 Å². The maximum Gasteiger partial charge on any atom is 0.215 e. The molecule has 0 aromatic carbocycles. The average molecular weight is 313 g/mol. The number of nitrogens with zero attached hydrogens (tertiary/aromatic N) is 1. The molecule has 1 saturated carbocycles. The average Bonchev–Trinajstić information content (AvgIpc) is 2.34. The fourth-order valence-electron chi connectivity index (χ4n) is 2.39. The van der Waals surface area contributed by atoms with Crippen molar-refractivity contribution in [2.24, 2.45) is 0 Å². The molecule has 0 saturated heterocycles. The summed E-state index contributed by atoms with van der Waals surface area (Å²) in [6.07, 6.45) is 5.67. The van der Waals surface area contributed by atoms with Crippen molar-refractivity contribution >= 4 is 19.9 Å². The molecule has 0 amide bonds. The smallest absolute Gasteiger partial charge is 0.215 e. The first-order chi connectivity index (χ1) is 8.76. The molecule has 8 heteroatoms. The van der Waals surface area contributed by atoms with Crippen LogP contribution in [0.25, 0.3) is 0 Å². The Morgan fingerprint density at radius 1 is 1.05 bits per heavy atom. The molecule has 0 bridgehead atoms. The monoisotopic (exact) mass is 313 g/mol. The molecule has 0 aromatic rings. The van der Waals surface area contributed by atoms with Crippen molar-refractivity contribution in [3.05, 3.63) is 0 Å². The molecule has 1 aliphatic carbocycles. The first-order valence-corrected chi connectivity index (χ1v) is 10.2. The lowest BCUT2D eigenvalue weighted by molar-refractivity contribution is 0.199. The van der Waals surface area contributed by atoms with Crippen LogP contribution in [0.5, 0.6) is 0 Å². The van der Waals surface area contributed by atoms with Crippen molar-refractivity contribution in [3.8, 4) is 0 Å². The van der Waals surface area contributed by atoms with Crippen LogP contribution >= 0.6 is 0 Å². The van der Waals surface area contributed by atoms with E-state index in [1.165, 1.54) is 4.31 Å². The predicted molar refractivity (Wildman–Crippen MR) is 74.2 cm³/mol. The molecule has 1 rings (SSSR count). The van der Waals surface area contributed by atoms with Gasteiger partial charge >= 0.3 is 0 Å². The zero-order valence-electron chi connectivity index (χ0n) is 11.3. The summed E-state index contributed by atoms with van der Waals surface area (Å²) in [6, 6.07) is -0.0922. The van der Waals surface area contributed by atoms with Gasteiger partial charge in [0.05, 0.1) is 18.1 Å². The van der Waals surface area contributed by atoms with Crippen LogP contribution in [-0.4, -0.2) is 63.2 Å². The lowest BCUT2D eigenvalue weighted by Crippen LogP contribution is -2.45. The van der Waals surface area contributed by atoms with Gasteiger partial charge < -0.3 is 5.11 Å². The van der Waals surface area contributed by atoms with Crippen LogP contribution in [0.3, 0.4) is 0 Å². The molecule has 1 fully saturated rings. The van der Waals surface area contributed by atoms with Crippen molar-refractivity contribution in [2.45, 2.75) is 38.1 Å². The topological polar surface area (TPSA) is 91.8 Å². The van der Waals surface area contributed by atoms with Crippen LogP contribution in [-0.2, 0) is 19.9 Å². The van der Waals surface area contributed by atoms with Gasteiger partial charge in [0.15, 0.2) is 0 Å². The Bertz CT molecular complexity index is 465. The molecule has 114 valence electrons. The van der Waals surface area contributed by atoms with Gasteiger partial charge in [0, 0.05) is 18.8 Å². The highest BCUT2D eigenvalue weighted by molar-refractivity contribution is 7.93. The van der Waals surface area contributed by atoms with E-state index in [0.29, 0.717) is 0 Å². The molecule has 19 heavy (non-hydrogen) atoms. The van der Waals surface area contributed by atoms with E-state index in [2.05, 4.69) is 0 Å². The van der Waals surface area contributed by atoms with Gasteiger partial charge in [0.1, 0.15) is 9.84 Å². The van der Waals surface area contributed by atoms with E-state index in [4.69, 9.17) is 5.11 Å². The molecule has 0 spiro atoms. The summed E-state index contributed by atoms with van der Waals surface area (Å²) in [5.74, 6) is -0.772. The molecule has 0 unspecified atom stereocenters. The Morgan fingerprint density at radius 2 is 1.63 bits per heavy atom. The summed E-state index contributed by atoms with van der Waals surface area (Å²) in [6.45, 7) is -0.189. The molecule has 0 atom stereocenters. The standard InChI is InChI=1S/C11H23NO5S2/c1-18(14,15)9-10-19(16,17)12(7-8-13)11-5-3-2-4-6-11/h11,13H,2-10H2,1H3. The summed E-state index contributed by atoms with van der Waals surface area (Å²) in [4.78, 5) is 0. The fourth-order valence-corrected chi connectivity index (χ4v) is 5.70. The van der Waals surface area contributed by atoms with E-state index in [1.54, 1.807) is 0 Å². The Kier molecular flexibility index (Phi) is 6.22. The Labute approximate surface area is 115 Å². The number of hydrogen-bond acceptors (Lipinski definition) is 5. The Morgan fingerprint density at radius 3 is 2.11 bits per heavy atom. The van der Waals surface area contributed by atoms with E-state index >= 15 is 0 Å². The van der Waals surface area contributed by atoms with E-state index in [-0.39, 0.29) is 24.9 Å². The predicted octanol–water partition coefficient (Wildman–Crippen LogP) is -0.0122. The normalized spacial score (nSPS) is 18.9. The molecule has 0 heterocycles. The molecule has 1 N–H and O–H groups in total. The lowest BCUT2D eigenvalue weighted by atomic mass is 9.95. The van der Waals surface area contributed by atoms with Crippen molar-refractivity contribution in [1.82, 2.24) is 4.31 Å². The SMILES string of the molecule is CS(=O)(=O)CCS(=O)(=O)N(CCO)C1CCCCC1. The zero-order chi connectivity index (χ0) is 14.5. The Hall–Kier alpha value is -0.180. The minimum absolute atomic E-state index is 0.0523. The largest absolute Gasteiger partial charge is 0.395 e. The van der Waals surface area contributed by atoms with Crippen molar-refractivity contribution in [3.63, 3.8) is 0 Å². The minimum Gasteiger partial charge on any atom is -0.395 e. The van der Waals surface area contributed by atoms with E-state index < -0.39 is 25.6 Å². The molecular weight excluding hydrogens is 290 g/mol. The number of hydrogen-bond donors (Lipinski definition) is 1. The van der Waals surface area contributed by atoms with Crippen LogP contribution in [0.15, 0.2) is 0 Å². The first kappa shape index (κ1) is 16.9. The summed E-state index contributed by atoms with van der Waals surface area (Å²) < 4.78 is 47.9. The van der Waals surface area contributed by atoms with Crippen LogP contribution in [0.1, 0.15) is 32.1 Å². The highest BCUT2D eigenvalue weighted by Crippen LogP contribution is 2.24. The van der Waals surface area contributed by atoms with Crippen LogP contribution in [0.4, 0.5) is 0 Å². The quantitative estimate of drug-likeness (QED) is 0.713. The van der Waals surface area contributed by atoms with Gasteiger partial charge in [0.25, 0.3) is 0 Å². The Balaban J connectivity index is 2.78. The summed E-state index contributed by atoms with van der Waals surface area (Å²) in [5.41, 5.74) is 0. The summed E-state index contributed by atoms with van der Waals surface area (Å²) in [5, 5.41) is 9.03. The van der Waals surface area contributed by atoms with Crippen LogP contribution in [0.2, 0.25) is 0 Å². The van der Waals surface area contributed by atoms with Gasteiger partial charge in [-0.3, -0.25) is 0 Å². The summed E-state index contributed by atoms with van der Waals surface area (Å²) >= 11 is 0. The van der Waals surface area contributed by atoms with Gasteiger partial charge in [-0.15, -0.1) is 0 Å². The molecular formula is C11H23NO5S2. The lowest BCUT2D eigenvalue weighted by Gasteiger charge is -2.33. The second-order valence-electron chi connectivity index (χ2n) is 5.07. The fraction of sp³-hybridized carbons (Fsp3) is 1.00. The third-order valence-electron chi connectivity index (χ3n) is 3.37. The maximum atomic E-state index is 12.2.